The van der Waals surface area contributed by atoms with Crippen molar-refractivity contribution in [2.24, 2.45) is 0 Å². The fourth-order valence-electron chi connectivity index (χ4n) is 1.41. The van der Waals surface area contributed by atoms with Gasteiger partial charge in [0.1, 0.15) is 0 Å². The SMILES string of the molecule is CC(C)NC(=S)N(C)C(C)Cc1cccs1. The molecule has 2 nitrogen and oxygen atoms in total. The predicted octanol–water partition coefficient (Wildman–Crippen LogP) is 2.89. The lowest BCUT2D eigenvalue weighted by molar-refractivity contribution is 0.380. The van der Waals surface area contributed by atoms with Crippen molar-refractivity contribution in [1.82, 2.24) is 10.2 Å². The molecular formula is C12H20N2S2. The predicted molar refractivity (Wildman–Crippen MR) is 76.1 cm³/mol. The van der Waals surface area contributed by atoms with E-state index in [9.17, 15) is 0 Å². The molecule has 1 heterocycles. The Hall–Kier alpha value is -0.610. The van der Waals surface area contributed by atoms with Crippen molar-refractivity contribution >= 4 is 28.7 Å². The van der Waals surface area contributed by atoms with Gasteiger partial charge in [-0.3, -0.25) is 0 Å². The third kappa shape index (κ3) is 4.10. The monoisotopic (exact) mass is 256 g/mol. The van der Waals surface area contributed by atoms with Gasteiger partial charge in [-0.2, -0.15) is 0 Å². The van der Waals surface area contributed by atoms with Gasteiger partial charge in [0.2, 0.25) is 0 Å². The van der Waals surface area contributed by atoms with E-state index in [1.54, 1.807) is 11.3 Å². The second-order valence-electron chi connectivity index (χ2n) is 4.35. The maximum atomic E-state index is 5.34. The average Bonchev–Trinajstić information content (AvgIpc) is 2.68. The molecular weight excluding hydrogens is 236 g/mol. The van der Waals surface area contributed by atoms with Gasteiger partial charge in [-0.15, -0.1) is 11.3 Å². The Bertz CT molecular complexity index is 320. The fraction of sp³-hybridized carbons (Fsp3) is 0.583. The number of thiocarbonyl (C=S) groups is 1. The topological polar surface area (TPSA) is 15.3 Å². The van der Waals surface area contributed by atoms with Crippen LogP contribution in [0, 0.1) is 0 Å². The zero-order chi connectivity index (χ0) is 12.1. The van der Waals surface area contributed by atoms with Gasteiger partial charge in [0.25, 0.3) is 0 Å². The third-order valence-electron chi connectivity index (χ3n) is 2.47. The summed E-state index contributed by atoms with van der Waals surface area (Å²) in [4.78, 5) is 3.54. The van der Waals surface area contributed by atoms with Gasteiger partial charge >= 0.3 is 0 Å². The van der Waals surface area contributed by atoms with E-state index in [1.165, 1.54) is 4.88 Å². The van der Waals surface area contributed by atoms with Crippen LogP contribution in [0.3, 0.4) is 0 Å². The summed E-state index contributed by atoms with van der Waals surface area (Å²) in [6, 6.07) is 5.09. The van der Waals surface area contributed by atoms with Crippen molar-refractivity contribution in [2.45, 2.75) is 39.3 Å². The van der Waals surface area contributed by atoms with Crippen molar-refractivity contribution in [1.29, 1.82) is 0 Å². The summed E-state index contributed by atoms with van der Waals surface area (Å²) >= 11 is 7.15. The zero-order valence-electron chi connectivity index (χ0n) is 10.4. The number of nitrogens with zero attached hydrogens (tertiary/aromatic N) is 1. The first-order chi connectivity index (χ1) is 7.50. The highest BCUT2D eigenvalue weighted by molar-refractivity contribution is 7.80. The highest BCUT2D eigenvalue weighted by Crippen LogP contribution is 2.13. The number of nitrogens with one attached hydrogen (secondary N) is 1. The van der Waals surface area contributed by atoms with Gasteiger partial charge in [-0.25, -0.2) is 0 Å². The minimum Gasteiger partial charge on any atom is -0.360 e. The van der Waals surface area contributed by atoms with E-state index in [1.807, 2.05) is 0 Å². The average molecular weight is 256 g/mol. The molecule has 0 radical (unpaired) electrons. The van der Waals surface area contributed by atoms with Gasteiger partial charge in [-0.05, 0) is 44.4 Å². The van der Waals surface area contributed by atoms with Crippen LogP contribution in [-0.4, -0.2) is 29.1 Å². The van der Waals surface area contributed by atoms with Gasteiger partial charge in [0, 0.05) is 30.4 Å². The minimum atomic E-state index is 0.392. The molecule has 0 bridgehead atoms. The number of hydrogen-bond donors (Lipinski definition) is 1. The first kappa shape index (κ1) is 13.5. The first-order valence-corrected chi connectivity index (χ1v) is 6.85. The van der Waals surface area contributed by atoms with E-state index < -0.39 is 0 Å². The normalized spacial score (nSPS) is 12.6. The molecule has 16 heavy (non-hydrogen) atoms. The van der Waals surface area contributed by atoms with Crippen LogP contribution in [0.15, 0.2) is 17.5 Å². The molecule has 4 heteroatoms. The lowest BCUT2D eigenvalue weighted by Gasteiger charge is -2.28. The number of rotatable bonds is 4. The molecule has 0 aromatic carbocycles. The van der Waals surface area contributed by atoms with Crippen LogP contribution in [0.2, 0.25) is 0 Å². The van der Waals surface area contributed by atoms with Crippen molar-refractivity contribution in [3.63, 3.8) is 0 Å². The van der Waals surface area contributed by atoms with Crippen LogP contribution < -0.4 is 5.32 Å². The van der Waals surface area contributed by atoms with Gasteiger partial charge in [-0.1, -0.05) is 6.07 Å². The highest BCUT2D eigenvalue weighted by atomic mass is 32.1. The van der Waals surface area contributed by atoms with Crippen LogP contribution in [0.5, 0.6) is 0 Å². The van der Waals surface area contributed by atoms with Crippen molar-refractivity contribution < 1.29 is 0 Å². The van der Waals surface area contributed by atoms with E-state index >= 15 is 0 Å². The molecule has 0 amide bonds. The van der Waals surface area contributed by atoms with E-state index in [-0.39, 0.29) is 0 Å². The van der Waals surface area contributed by atoms with E-state index in [4.69, 9.17) is 12.2 Å². The van der Waals surface area contributed by atoms with Crippen molar-refractivity contribution in [2.75, 3.05) is 7.05 Å². The maximum absolute atomic E-state index is 5.34. The Morgan fingerprint density at radius 2 is 2.19 bits per heavy atom. The summed E-state index contributed by atoms with van der Waals surface area (Å²) in [5, 5.41) is 6.21. The molecule has 1 aromatic rings. The summed E-state index contributed by atoms with van der Waals surface area (Å²) in [5.41, 5.74) is 0. The molecule has 90 valence electrons. The summed E-state index contributed by atoms with van der Waals surface area (Å²) in [6.07, 6.45) is 1.05. The fourth-order valence-corrected chi connectivity index (χ4v) is 2.65. The summed E-state index contributed by atoms with van der Waals surface area (Å²) in [6.45, 7) is 6.40. The summed E-state index contributed by atoms with van der Waals surface area (Å²) in [7, 11) is 2.05. The van der Waals surface area contributed by atoms with Crippen LogP contribution >= 0.6 is 23.6 Å². The third-order valence-corrected chi connectivity index (χ3v) is 3.77. The minimum absolute atomic E-state index is 0.392. The number of thiophene rings is 1. The van der Waals surface area contributed by atoms with E-state index in [2.05, 4.69) is 55.5 Å². The molecule has 1 unspecified atom stereocenters. The van der Waals surface area contributed by atoms with E-state index in [0.717, 1.165) is 11.5 Å². The molecule has 0 aliphatic rings. The second-order valence-corrected chi connectivity index (χ2v) is 5.77. The largest absolute Gasteiger partial charge is 0.360 e. The molecule has 1 atom stereocenters. The van der Waals surface area contributed by atoms with E-state index in [0.29, 0.717) is 12.1 Å². The molecule has 0 spiro atoms. The van der Waals surface area contributed by atoms with Gasteiger partial charge < -0.3 is 10.2 Å². The maximum Gasteiger partial charge on any atom is 0.169 e. The molecule has 1 rings (SSSR count). The Morgan fingerprint density at radius 1 is 1.50 bits per heavy atom. The number of hydrogen-bond acceptors (Lipinski definition) is 2. The molecule has 1 aromatic heterocycles. The molecule has 0 fully saturated rings. The highest BCUT2D eigenvalue weighted by Gasteiger charge is 2.13. The van der Waals surface area contributed by atoms with Gasteiger partial charge in [0.05, 0.1) is 0 Å². The Kier molecular flexibility index (Phi) is 5.22. The van der Waals surface area contributed by atoms with Crippen LogP contribution in [-0.2, 0) is 6.42 Å². The van der Waals surface area contributed by atoms with Crippen LogP contribution in [0.25, 0.3) is 0 Å². The molecule has 0 saturated heterocycles. The van der Waals surface area contributed by atoms with Crippen molar-refractivity contribution in [3.8, 4) is 0 Å². The lowest BCUT2D eigenvalue weighted by Crippen LogP contribution is -2.45. The molecule has 1 N–H and O–H groups in total. The summed E-state index contributed by atoms with van der Waals surface area (Å²) in [5.74, 6) is 0. The molecule has 0 saturated carbocycles. The van der Waals surface area contributed by atoms with Crippen molar-refractivity contribution in [3.05, 3.63) is 22.4 Å². The lowest BCUT2D eigenvalue weighted by atomic mass is 10.2. The first-order valence-electron chi connectivity index (χ1n) is 5.56. The Morgan fingerprint density at radius 3 is 2.69 bits per heavy atom. The second kappa shape index (κ2) is 6.21. The van der Waals surface area contributed by atoms with Crippen LogP contribution in [0.4, 0.5) is 0 Å². The Balaban J connectivity index is 2.47. The molecule has 0 aliphatic heterocycles. The molecule has 0 aliphatic carbocycles. The van der Waals surface area contributed by atoms with Crippen LogP contribution in [0.1, 0.15) is 25.6 Å². The standard InChI is InChI=1S/C12H20N2S2/c1-9(2)13-12(15)14(4)10(3)8-11-6-5-7-16-11/h5-7,9-10H,8H2,1-4H3,(H,13,15). The zero-order valence-corrected chi connectivity index (χ0v) is 12.0. The smallest absolute Gasteiger partial charge is 0.169 e. The number of likely N-dealkylation sites (N-methyl/N-ethyl adjacent to an activating group) is 1. The van der Waals surface area contributed by atoms with Gasteiger partial charge in [0.15, 0.2) is 5.11 Å². The Labute approximate surface area is 108 Å². The quantitative estimate of drug-likeness (QED) is 0.834. The summed E-state index contributed by atoms with van der Waals surface area (Å²) < 4.78 is 0.